The van der Waals surface area contributed by atoms with Crippen LogP contribution in [0.4, 0.5) is 5.69 Å². The Labute approximate surface area is 194 Å². The summed E-state index contributed by atoms with van der Waals surface area (Å²) in [5.41, 5.74) is 2.81. The standard InChI is InChI=1S/C27H21NO6/c1-15-20-14-18(28-27(30)23-13-17-5-4-6-22(32-3)26(17)34-23)9-12-21(20)33-25(15)24(29)16-7-10-19(31-2)11-8-16/h4-14H,1-3H3,(H,28,30). The van der Waals surface area contributed by atoms with E-state index < -0.39 is 5.91 Å². The molecule has 5 aromatic rings. The molecule has 3 aromatic carbocycles. The van der Waals surface area contributed by atoms with Gasteiger partial charge in [0.15, 0.2) is 22.9 Å². The summed E-state index contributed by atoms with van der Waals surface area (Å²) in [7, 11) is 3.12. The molecule has 0 aliphatic heterocycles. The molecule has 0 aliphatic carbocycles. The average Bonchev–Trinajstić information content (AvgIpc) is 3.45. The molecule has 1 N–H and O–H groups in total. The van der Waals surface area contributed by atoms with Crippen LogP contribution in [0.15, 0.2) is 75.6 Å². The van der Waals surface area contributed by atoms with E-state index in [1.165, 1.54) is 0 Å². The molecule has 0 atom stereocenters. The highest BCUT2D eigenvalue weighted by molar-refractivity contribution is 6.11. The Morgan fingerprint density at radius 2 is 1.68 bits per heavy atom. The molecule has 2 heterocycles. The van der Waals surface area contributed by atoms with Gasteiger partial charge in [0, 0.05) is 27.6 Å². The average molecular weight is 455 g/mol. The molecule has 34 heavy (non-hydrogen) atoms. The van der Waals surface area contributed by atoms with Crippen LogP contribution in [0.2, 0.25) is 0 Å². The van der Waals surface area contributed by atoms with Gasteiger partial charge < -0.3 is 23.6 Å². The summed E-state index contributed by atoms with van der Waals surface area (Å²) < 4.78 is 22.0. The maximum atomic E-state index is 13.0. The Balaban J connectivity index is 1.42. The zero-order chi connectivity index (χ0) is 23.8. The number of benzene rings is 3. The van der Waals surface area contributed by atoms with Crippen LogP contribution in [0.1, 0.15) is 32.2 Å². The number of ketones is 1. The normalized spacial score (nSPS) is 11.0. The number of ether oxygens (including phenoxy) is 2. The molecule has 2 aromatic heterocycles. The lowest BCUT2D eigenvalue weighted by atomic mass is 10.0. The first-order valence-corrected chi connectivity index (χ1v) is 10.6. The number of amides is 1. The van der Waals surface area contributed by atoms with Gasteiger partial charge in [0.05, 0.1) is 14.2 Å². The summed E-state index contributed by atoms with van der Waals surface area (Å²) in [6.45, 7) is 1.82. The fraction of sp³-hybridized carbons (Fsp3) is 0.111. The molecule has 5 rings (SSSR count). The van der Waals surface area contributed by atoms with Gasteiger partial charge in [0.25, 0.3) is 5.91 Å². The summed E-state index contributed by atoms with van der Waals surface area (Å²) in [5, 5.41) is 4.35. The summed E-state index contributed by atoms with van der Waals surface area (Å²) in [5.74, 6) is 1.03. The Kier molecular flexibility index (Phi) is 5.30. The topological polar surface area (TPSA) is 90.9 Å². The Morgan fingerprint density at radius 1 is 0.882 bits per heavy atom. The smallest absolute Gasteiger partial charge is 0.291 e. The molecule has 0 bridgehead atoms. The van der Waals surface area contributed by atoms with Crippen LogP contribution in [-0.2, 0) is 0 Å². The van der Waals surface area contributed by atoms with Gasteiger partial charge in [-0.15, -0.1) is 0 Å². The molecular formula is C27H21NO6. The number of rotatable bonds is 6. The summed E-state index contributed by atoms with van der Waals surface area (Å²) >= 11 is 0. The molecule has 0 saturated carbocycles. The van der Waals surface area contributed by atoms with E-state index in [0.29, 0.717) is 39.5 Å². The third-order valence-corrected chi connectivity index (χ3v) is 5.70. The number of anilines is 1. The van der Waals surface area contributed by atoms with Gasteiger partial charge in [-0.1, -0.05) is 12.1 Å². The van der Waals surface area contributed by atoms with E-state index in [1.54, 1.807) is 68.8 Å². The zero-order valence-corrected chi connectivity index (χ0v) is 18.8. The Morgan fingerprint density at radius 3 is 2.41 bits per heavy atom. The molecule has 0 aliphatic rings. The first-order valence-electron chi connectivity index (χ1n) is 10.6. The van der Waals surface area contributed by atoms with E-state index in [-0.39, 0.29) is 17.3 Å². The quantitative estimate of drug-likeness (QED) is 0.316. The number of aryl methyl sites for hydroxylation is 1. The van der Waals surface area contributed by atoms with E-state index in [1.807, 2.05) is 19.1 Å². The Hall–Kier alpha value is -4.52. The number of carbonyl (C=O) groups excluding carboxylic acids is 2. The van der Waals surface area contributed by atoms with Gasteiger partial charge in [-0.25, -0.2) is 0 Å². The van der Waals surface area contributed by atoms with Crippen molar-refractivity contribution in [2.75, 3.05) is 19.5 Å². The van der Waals surface area contributed by atoms with Crippen LogP contribution in [0.25, 0.3) is 21.9 Å². The molecular weight excluding hydrogens is 434 g/mol. The first kappa shape index (κ1) is 21.3. The van der Waals surface area contributed by atoms with Crippen molar-refractivity contribution >= 4 is 39.3 Å². The van der Waals surface area contributed by atoms with E-state index in [0.717, 1.165) is 10.8 Å². The third kappa shape index (κ3) is 3.67. The van der Waals surface area contributed by atoms with Crippen molar-refractivity contribution in [1.82, 2.24) is 0 Å². The van der Waals surface area contributed by atoms with Crippen molar-refractivity contribution in [3.8, 4) is 11.5 Å². The number of para-hydroxylation sites is 1. The van der Waals surface area contributed by atoms with Crippen LogP contribution < -0.4 is 14.8 Å². The molecule has 7 heteroatoms. The van der Waals surface area contributed by atoms with Gasteiger partial charge in [0.2, 0.25) is 5.78 Å². The maximum absolute atomic E-state index is 13.0. The molecule has 0 spiro atoms. The molecule has 1 amide bonds. The molecule has 0 unspecified atom stereocenters. The molecule has 0 saturated heterocycles. The second-order valence-electron chi connectivity index (χ2n) is 7.77. The number of methoxy groups -OCH3 is 2. The third-order valence-electron chi connectivity index (χ3n) is 5.70. The lowest BCUT2D eigenvalue weighted by Gasteiger charge is -2.03. The SMILES string of the molecule is COc1ccc(C(=O)c2oc3ccc(NC(=O)c4cc5cccc(OC)c5o4)cc3c2C)cc1. The van der Waals surface area contributed by atoms with E-state index >= 15 is 0 Å². The monoisotopic (exact) mass is 455 g/mol. The van der Waals surface area contributed by atoms with E-state index in [4.69, 9.17) is 18.3 Å². The number of hydrogen-bond donors (Lipinski definition) is 1. The predicted molar refractivity (Wildman–Crippen MR) is 128 cm³/mol. The van der Waals surface area contributed by atoms with Crippen molar-refractivity contribution in [2.45, 2.75) is 6.92 Å². The molecule has 170 valence electrons. The van der Waals surface area contributed by atoms with Gasteiger partial charge in [-0.05, 0) is 61.5 Å². The van der Waals surface area contributed by atoms with Crippen molar-refractivity contribution in [2.24, 2.45) is 0 Å². The van der Waals surface area contributed by atoms with Crippen LogP contribution in [0.5, 0.6) is 11.5 Å². The van der Waals surface area contributed by atoms with Gasteiger partial charge in [-0.3, -0.25) is 9.59 Å². The highest BCUT2D eigenvalue weighted by Gasteiger charge is 2.20. The zero-order valence-electron chi connectivity index (χ0n) is 18.8. The largest absolute Gasteiger partial charge is 0.497 e. The minimum absolute atomic E-state index is 0.166. The Bertz CT molecular complexity index is 1540. The van der Waals surface area contributed by atoms with Gasteiger partial charge in [0.1, 0.15) is 11.3 Å². The lowest BCUT2D eigenvalue weighted by Crippen LogP contribution is -2.10. The van der Waals surface area contributed by atoms with E-state index in [9.17, 15) is 9.59 Å². The fourth-order valence-electron chi connectivity index (χ4n) is 3.89. The highest BCUT2D eigenvalue weighted by Crippen LogP contribution is 2.31. The van der Waals surface area contributed by atoms with Crippen LogP contribution in [0.3, 0.4) is 0 Å². The number of hydrogen-bond acceptors (Lipinski definition) is 6. The molecule has 0 fully saturated rings. The maximum Gasteiger partial charge on any atom is 0.291 e. The van der Waals surface area contributed by atoms with E-state index in [2.05, 4.69) is 5.32 Å². The summed E-state index contributed by atoms with van der Waals surface area (Å²) in [6.07, 6.45) is 0. The minimum Gasteiger partial charge on any atom is -0.497 e. The van der Waals surface area contributed by atoms with Crippen LogP contribution in [-0.4, -0.2) is 25.9 Å². The predicted octanol–water partition coefficient (Wildman–Crippen LogP) is 5.99. The number of fused-ring (bicyclic) bond motifs is 2. The van der Waals surface area contributed by atoms with Gasteiger partial charge >= 0.3 is 0 Å². The molecule has 0 radical (unpaired) electrons. The number of carbonyl (C=O) groups is 2. The summed E-state index contributed by atoms with van der Waals surface area (Å²) in [6, 6.07) is 19.2. The summed E-state index contributed by atoms with van der Waals surface area (Å²) in [4.78, 5) is 25.8. The van der Waals surface area contributed by atoms with Crippen molar-refractivity contribution < 1.29 is 27.9 Å². The van der Waals surface area contributed by atoms with Crippen molar-refractivity contribution in [1.29, 1.82) is 0 Å². The second-order valence-corrected chi connectivity index (χ2v) is 7.77. The number of furan rings is 2. The van der Waals surface area contributed by atoms with Crippen LogP contribution in [0, 0.1) is 6.92 Å². The fourth-order valence-corrected chi connectivity index (χ4v) is 3.89. The van der Waals surface area contributed by atoms with Crippen LogP contribution >= 0.6 is 0 Å². The number of nitrogens with one attached hydrogen (secondary N) is 1. The second kappa shape index (κ2) is 8.44. The lowest BCUT2D eigenvalue weighted by molar-refractivity contribution is 0.0995. The van der Waals surface area contributed by atoms with Crippen molar-refractivity contribution in [3.63, 3.8) is 0 Å². The highest BCUT2D eigenvalue weighted by atomic mass is 16.5. The molecule has 7 nitrogen and oxygen atoms in total. The van der Waals surface area contributed by atoms with Gasteiger partial charge in [-0.2, -0.15) is 0 Å². The minimum atomic E-state index is -0.395. The van der Waals surface area contributed by atoms with Crippen molar-refractivity contribution in [3.05, 3.63) is 89.4 Å². The first-order chi connectivity index (χ1) is 16.5.